The maximum absolute atomic E-state index is 8.81. The molecule has 64 valence electrons. The molecule has 0 aliphatic heterocycles. The predicted molar refractivity (Wildman–Crippen MR) is 46.4 cm³/mol. The molecule has 0 radical (unpaired) electrons. The average molecular weight is 156 g/mol. The third-order valence-corrected chi connectivity index (χ3v) is 0.640. The molecular formula is C8H16N2O. The lowest BCUT2D eigenvalue weighted by Gasteiger charge is -1.68. The number of aldehydes is 1. The number of aromatic amines is 1. The van der Waals surface area contributed by atoms with Crippen molar-refractivity contribution < 1.29 is 4.79 Å². The fraction of sp³-hybridized carbons (Fsp3) is 0.500. The van der Waals surface area contributed by atoms with Crippen LogP contribution in [0.25, 0.3) is 0 Å². The van der Waals surface area contributed by atoms with Crippen molar-refractivity contribution in [1.82, 2.24) is 10.2 Å². The van der Waals surface area contributed by atoms with Gasteiger partial charge in [0.2, 0.25) is 0 Å². The molecule has 0 aliphatic rings. The van der Waals surface area contributed by atoms with E-state index in [4.69, 9.17) is 4.79 Å². The largest absolute Gasteiger partial charge is 0.304 e. The first-order chi connectivity index (χ1) is 5.31. The quantitative estimate of drug-likeness (QED) is 0.583. The van der Waals surface area contributed by atoms with Gasteiger partial charge in [0.05, 0.1) is 0 Å². The van der Waals surface area contributed by atoms with Crippen molar-refractivity contribution in [2.75, 3.05) is 0 Å². The summed E-state index contributed by atoms with van der Waals surface area (Å²) in [4.78, 5) is 8.81. The van der Waals surface area contributed by atoms with Crippen LogP contribution in [0.1, 0.15) is 26.5 Å². The van der Waals surface area contributed by atoms with Crippen LogP contribution in [0, 0.1) is 6.92 Å². The fourth-order valence-corrected chi connectivity index (χ4v) is 0.325. The minimum absolute atomic E-state index is 0.750. The Morgan fingerprint density at radius 2 is 2.00 bits per heavy atom. The fourth-order valence-electron chi connectivity index (χ4n) is 0.325. The molecule has 0 saturated heterocycles. The van der Waals surface area contributed by atoms with E-state index in [2.05, 4.69) is 10.2 Å². The minimum Gasteiger partial charge on any atom is -0.304 e. The van der Waals surface area contributed by atoms with E-state index in [0.717, 1.165) is 12.0 Å². The van der Waals surface area contributed by atoms with E-state index in [1.54, 1.807) is 6.20 Å². The van der Waals surface area contributed by atoms with Gasteiger partial charge in [0.1, 0.15) is 6.29 Å². The molecule has 1 aromatic heterocycles. The number of nitrogens with zero attached hydrogens (tertiary/aromatic N) is 1. The molecule has 0 amide bonds. The molecule has 3 nitrogen and oxygen atoms in total. The molecule has 0 bridgehead atoms. The van der Waals surface area contributed by atoms with Crippen molar-refractivity contribution in [3.63, 3.8) is 0 Å². The van der Waals surface area contributed by atoms with Crippen molar-refractivity contribution in [2.24, 2.45) is 0 Å². The van der Waals surface area contributed by atoms with Gasteiger partial charge < -0.3 is 4.79 Å². The number of rotatable bonds is 0. The topological polar surface area (TPSA) is 45.8 Å². The van der Waals surface area contributed by atoms with Crippen LogP contribution in [0.2, 0.25) is 0 Å². The molecule has 0 atom stereocenters. The average Bonchev–Trinajstić information content (AvgIpc) is 2.46. The van der Waals surface area contributed by atoms with Gasteiger partial charge in [-0.1, -0.05) is 13.8 Å². The molecule has 0 aromatic carbocycles. The van der Waals surface area contributed by atoms with Crippen LogP contribution in [-0.2, 0) is 4.79 Å². The minimum atomic E-state index is 0.750. The van der Waals surface area contributed by atoms with E-state index in [-0.39, 0.29) is 0 Å². The van der Waals surface area contributed by atoms with Gasteiger partial charge in [-0.2, -0.15) is 5.10 Å². The summed E-state index contributed by atoms with van der Waals surface area (Å²) in [5.41, 5.74) is 1.11. The summed E-state index contributed by atoms with van der Waals surface area (Å²) >= 11 is 0. The Hall–Kier alpha value is -1.12. The first-order valence-corrected chi connectivity index (χ1v) is 3.67. The van der Waals surface area contributed by atoms with Crippen molar-refractivity contribution in [3.8, 4) is 0 Å². The Morgan fingerprint density at radius 3 is 2.09 bits per heavy atom. The molecule has 1 aromatic rings. The van der Waals surface area contributed by atoms with Crippen LogP contribution in [0.4, 0.5) is 0 Å². The second-order valence-electron chi connectivity index (χ2n) is 1.48. The van der Waals surface area contributed by atoms with E-state index in [1.165, 1.54) is 6.92 Å². The standard InChI is InChI=1S/C4H6N2.C2H4O.C2H6/c1-4-2-3-5-6-4;1-2-3;1-2/h2-3H,1H3,(H,5,6);2H,1H3;1-2H3. The van der Waals surface area contributed by atoms with Gasteiger partial charge >= 0.3 is 0 Å². The molecule has 0 aliphatic carbocycles. The third kappa shape index (κ3) is 12.2. The van der Waals surface area contributed by atoms with Gasteiger partial charge in [-0.3, -0.25) is 5.10 Å². The van der Waals surface area contributed by atoms with Gasteiger partial charge in [-0.15, -0.1) is 0 Å². The number of carbonyl (C=O) groups excluding carboxylic acids is 1. The van der Waals surface area contributed by atoms with Crippen molar-refractivity contribution in [2.45, 2.75) is 27.7 Å². The van der Waals surface area contributed by atoms with Gasteiger partial charge in [-0.05, 0) is 19.9 Å². The molecule has 3 heteroatoms. The number of hydrogen-bond acceptors (Lipinski definition) is 2. The summed E-state index contributed by atoms with van der Waals surface area (Å²) in [6.07, 6.45) is 2.48. The highest BCUT2D eigenvalue weighted by Gasteiger charge is 1.73. The normalized spacial score (nSPS) is 6.55. The molecule has 0 unspecified atom stereocenters. The zero-order valence-electron chi connectivity index (χ0n) is 7.59. The summed E-state index contributed by atoms with van der Waals surface area (Å²) in [6, 6.07) is 1.92. The SMILES string of the molecule is CC.CC=O.Cc1ccn[nH]1. The zero-order chi connectivity index (χ0) is 9.11. The number of hydrogen-bond donors (Lipinski definition) is 1. The van der Waals surface area contributed by atoms with Crippen LogP contribution in [-0.4, -0.2) is 16.5 Å². The van der Waals surface area contributed by atoms with E-state index in [9.17, 15) is 0 Å². The van der Waals surface area contributed by atoms with E-state index >= 15 is 0 Å². The van der Waals surface area contributed by atoms with Crippen molar-refractivity contribution in [3.05, 3.63) is 18.0 Å². The van der Waals surface area contributed by atoms with Crippen LogP contribution < -0.4 is 0 Å². The number of nitrogens with one attached hydrogen (secondary N) is 1. The molecule has 1 rings (SSSR count). The third-order valence-electron chi connectivity index (χ3n) is 0.640. The molecule has 0 spiro atoms. The molecule has 11 heavy (non-hydrogen) atoms. The summed E-state index contributed by atoms with van der Waals surface area (Å²) in [7, 11) is 0. The smallest absolute Gasteiger partial charge is 0.116 e. The number of carbonyl (C=O) groups is 1. The van der Waals surface area contributed by atoms with Crippen molar-refractivity contribution >= 4 is 6.29 Å². The van der Waals surface area contributed by atoms with Gasteiger partial charge in [0, 0.05) is 11.9 Å². The first kappa shape index (κ1) is 12.5. The van der Waals surface area contributed by atoms with Gasteiger partial charge in [-0.25, -0.2) is 0 Å². The lowest BCUT2D eigenvalue weighted by molar-refractivity contribution is -0.106. The number of aryl methyl sites for hydroxylation is 1. The summed E-state index contributed by atoms with van der Waals surface area (Å²) in [6.45, 7) is 7.41. The molecule has 0 saturated carbocycles. The maximum atomic E-state index is 8.81. The molecule has 1 heterocycles. The zero-order valence-corrected chi connectivity index (χ0v) is 7.59. The van der Waals surface area contributed by atoms with E-state index in [0.29, 0.717) is 0 Å². The number of H-pyrrole nitrogens is 1. The Kier molecular flexibility index (Phi) is 13.3. The Morgan fingerprint density at radius 1 is 1.55 bits per heavy atom. The molecule has 0 fully saturated rings. The lowest BCUT2D eigenvalue weighted by atomic mass is 10.5. The lowest BCUT2D eigenvalue weighted by Crippen LogP contribution is -1.65. The van der Waals surface area contributed by atoms with Crippen molar-refractivity contribution in [1.29, 1.82) is 0 Å². The van der Waals surface area contributed by atoms with Gasteiger partial charge in [0.25, 0.3) is 0 Å². The highest BCUT2D eigenvalue weighted by Crippen LogP contribution is 1.82. The van der Waals surface area contributed by atoms with Crippen LogP contribution in [0.3, 0.4) is 0 Å². The van der Waals surface area contributed by atoms with Crippen LogP contribution in [0.15, 0.2) is 12.3 Å². The Bertz CT molecular complexity index is 147. The second-order valence-corrected chi connectivity index (χ2v) is 1.48. The Balaban J connectivity index is 0. The van der Waals surface area contributed by atoms with Gasteiger partial charge in [0.15, 0.2) is 0 Å². The summed E-state index contributed by atoms with van der Waals surface area (Å²) in [5, 5.41) is 6.45. The maximum Gasteiger partial charge on any atom is 0.116 e. The van der Waals surface area contributed by atoms with Crippen LogP contribution in [0.5, 0.6) is 0 Å². The van der Waals surface area contributed by atoms with E-state index in [1.807, 2.05) is 26.8 Å². The second kappa shape index (κ2) is 11.6. The van der Waals surface area contributed by atoms with Crippen LogP contribution >= 0.6 is 0 Å². The highest BCUT2D eigenvalue weighted by molar-refractivity contribution is 5.44. The summed E-state index contributed by atoms with van der Waals surface area (Å²) < 4.78 is 0. The Labute approximate surface area is 67.8 Å². The monoisotopic (exact) mass is 156 g/mol. The summed E-state index contributed by atoms with van der Waals surface area (Å²) in [5.74, 6) is 0. The molecular weight excluding hydrogens is 140 g/mol. The highest BCUT2D eigenvalue weighted by atomic mass is 16.1. The predicted octanol–water partition coefficient (Wildman–Crippen LogP) is 1.95. The first-order valence-electron chi connectivity index (χ1n) is 3.67. The number of aromatic nitrogens is 2. The van der Waals surface area contributed by atoms with E-state index < -0.39 is 0 Å². The molecule has 1 N–H and O–H groups in total.